The van der Waals surface area contributed by atoms with Crippen LogP contribution in [0.2, 0.25) is 0 Å². The zero-order valence-corrected chi connectivity index (χ0v) is 14.7. The van der Waals surface area contributed by atoms with E-state index in [1.807, 2.05) is 0 Å². The molecular formula is C18H13N3O5S. The number of hydrogen-bond acceptors (Lipinski definition) is 6. The van der Waals surface area contributed by atoms with Crippen molar-refractivity contribution in [2.24, 2.45) is 0 Å². The quantitative estimate of drug-likeness (QED) is 0.212. The summed E-state index contributed by atoms with van der Waals surface area (Å²) in [5.74, 6) is -1.13. The van der Waals surface area contributed by atoms with Crippen molar-refractivity contribution in [1.29, 1.82) is 0 Å². The van der Waals surface area contributed by atoms with E-state index in [2.05, 4.69) is 11.9 Å². The molecule has 2 amide bonds. The third-order valence-electron chi connectivity index (χ3n) is 3.86. The minimum absolute atomic E-state index is 0.0135. The number of furan rings is 1. The summed E-state index contributed by atoms with van der Waals surface area (Å²) < 4.78 is 5.37. The van der Waals surface area contributed by atoms with Crippen molar-refractivity contribution >= 4 is 40.9 Å². The zero-order chi connectivity index (χ0) is 19.6. The van der Waals surface area contributed by atoms with Gasteiger partial charge < -0.3 is 4.42 Å². The molecule has 1 aromatic carbocycles. The molecule has 1 aliphatic rings. The van der Waals surface area contributed by atoms with E-state index < -0.39 is 16.7 Å². The highest BCUT2D eigenvalue weighted by molar-refractivity contribution is 7.80. The SMILES string of the molecule is C=CCN1C(=O)C(=Cc2occc2-c2ccccc2[N+](=O)[O-])C(=O)NC1=S. The van der Waals surface area contributed by atoms with Gasteiger partial charge in [0.25, 0.3) is 17.5 Å². The average Bonchev–Trinajstić information content (AvgIpc) is 3.10. The molecule has 27 heavy (non-hydrogen) atoms. The Morgan fingerprint density at radius 2 is 2.00 bits per heavy atom. The number of para-hydroxylation sites is 1. The molecular weight excluding hydrogens is 370 g/mol. The highest BCUT2D eigenvalue weighted by Crippen LogP contribution is 2.34. The Balaban J connectivity index is 2.07. The number of nitrogens with zero attached hydrogens (tertiary/aromatic N) is 2. The Labute approximate surface area is 158 Å². The highest BCUT2D eigenvalue weighted by Gasteiger charge is 2.33. The van der Waals surface area contributed by atoms with E-state index >= 15 is 0 Å². The van der Waals surface area contributed by atoms with Crippen molar-refractivity contribution in [1.82, 2.24) is 10.2 Å². The maximum atomic E-state index is 12.6. The fourth-order valence-corrected chi connectivity index (χ4v) is 2.89. The van der Waals surface area contributed by atoms with E-state index in [-0.39, 0.29) is 28.7 Å². The molecule has 1 saturated heterocycles. The molecule has 9 heteroatoms. The van der Waals surface area contributed by atoms with Crippen LogP contribution in [-0.4, -0.2) is 33.3 Å². The van der Waals surface area contributed by atoms with E-state index in [4.69, 9.17) is 16.6 Å². The van der Waals surface area contributed by atoms with E-state index in [0.29, 0.717) is 11.1 Å². The second kappa shape index (κ2) is 7.34. The average molecular weight is 383 g/mol. The summed E-state index contributed by atoms with van der Waals surface area (Å²) >= 11 is 5.00. The number of rotatable bonds is 5. The monoisotopic (exact) mass is 383 g/mol. The first-order chi connectivity index (χ1) is 12.9. The van der Waals surface area contributed by atoms with E-state index in [1.165, 1.54) is 35.4 Å². The lowest BCUT2D eigenvalue weighted by molar-refractivity contribution is -0.384. The summed E-state index contributed by atoms with van der Waals surface area (Å²) in [7, 11) is 0. The number of benzene rings is 1. The molecule has 1 N–H and O–H groups in total. The third-order valence-corrected chi connectivity index (χ3v) is 4.18. The molecule has 0 aliphatic carbocycles. The second-order valence-corrected chi connectivity index (χ2v) is 5.88. The zero-order valence-electron chi connectivity index (χ0n) is 13.9. The Kier molecular flexibility index (Phi) is 4.95. The molecule has 0 radical (unpaired) electrons. The van der Waals surface area contributed by atoms with Crippen LogP contribution in [0.4, 0.5) is 5.69 Å². The van der Waals surface area contributed by atoms with Gasteiger partial charge >= 0.3 is 0 Å². The summed E-state index contributed by atoms with van der Waals surface area (Å²) in [5, 5.41) is 13.7. The summed E-state index contributed by atoms with van der Waals surface area (Å²) in [4.78, 5) is 36.8. The molecule has 2 heterocycles. The Morgan fingerprint density at radius 1 is 1.26 bits per heavy atom. The fraction of sp³-hybridized carbons (Fsp3) is 0.0556. The van der Waals surface area contributed by atoms with Gasteiger partial charge in [-0.25, -0.2) is 0 Å². The first-order valence-electron chi connectivity index (χ1n) is 7.75. The largest absolute Gasteiger partial charge is 0.464 e. The van der Waals surface area contributed by atoms with E-state index in [0.717, 1.165) is 0 Å². The maximum Gasteiger partial charge on any atom is 0.277 e. The number of nitro benzene ring substituents is 1. The van der Waals surface area contributed by atoms with Gasteiger partial charge in [0.1, 0.15) is 11.3 Å². The minimum Gasteiger partial charge on any atom is -0.464 e. The van der Waals surface area contributed by atoms with Crippen molar-refractivity contribution in [2.75, 3.05) is 6.54 Å². The predicted molar refractivity (Wildman–Crippen MR) is 101 cm³/mol. The summed E-state index contributed by atoms with van der Waals surface area (Å²) in [6.45, 7) is 3.68. The standard InChI is InChI=1S/C18H13N3O5S/c1-2-8-20-17(23)13(16(22)19-18(20)27)10-15-12(7-9-26-15)11-5-3-4-6-14(11)21(24)25/h2-7,9-10H,1,8H2,(H,19,22,27). The topological polar surface area (TPSA) is 106 Å². The van der Waals surface area contributed by atoms with Gasteiger partial charge in [-0.2, -0.15) is 0 Å². The van der Waals surface area contributed by atoms with Gasteiger partial charge in [-0.15, -0.1) is 6.58 Å². The lowest BCUT2D eigenvalue weighted by Gasteiger charge is -2.27. The van der Waals surface area contributed by atoms with Crippen LogP contribution in [0.15, 0.2) is 59.2 Å². The van der Waals surface area contributed by atoms with Crippen LogP contribution >= 0.6 is 12.2 Å². The molecule has 1 aliphatic heterocycles. The Bertz CT molecular complexity index is 1010. The molecule has 136 valence electrons. The van der Waals surface area contributed by atoms with Gasteiger partial charge in [0.05, 0.1) is 16.7 Å². The highest BCUT2D eigenvalue weighted by atomic mass is 32.1. The lowest BCUT2D eigenvalue weighted by atomic mass is 10.0. The third kappa shape index (κ3) is 3.40. The van der Waals surface area contributed by atoms with Crippen LogP contribution < -0.4 is 5.32 Å². The number of nitrogens with one attached hydrogen (secondary N) is 1. The first-order valence-corrected chi connectivity index (χ1v) is 8.16. The fourth-order valence-electron chi connectivity index (χ4n) is 2.64. The number of nitro groups is 1. The molecule has 3 rings (SSSR count). The van der Waals surface area contributed by atoms with Gasteiger partial charge in [0, 0.05) is 18.2 Å². The smallest absolute Gasteiger partial charge is 0.277 e. The molecule has 0 bridgehead atoms. The van der Waals surface area contributed by atoms with Crippen LogP contribution in [-0.2, 0) is 9.59 Å². The van der Waals surface area contributed by atoms with Crippen molar-refractivity contribution in [2.45, 2.75) is 0 Å². The van der Waals surface area contributed by atoms with Crippen LogP contribution in [0.1, 0.15) is 5.76 Å². The number of carbonyl (C=O) groups excluding carboxylic acids is 2. The van der Waals surface area contributed by atoms with E-state index in [9.17, 15) is 19.7 Å². The molecule has 0 spiro atoms. The minimum atomic E-state index is -0.671. The van der Waals surface area contributed by atoms with Gasteiger partial charge in [-0.3, -0.25) is 29.9 Å². The van der Waals surface area contributed by atoms with Gasteiger partial charge in [0.2, 0.25) is 0 Å². The number of thiocarbonyl (C=S) groups is 1. The Hall–Kier alpha value is -3.59. The summed E-state index contributed by atoms with van der Waals surface area (Å²) in [6, 6.07) is 7.65. The first kappa shape index (κ1) is 18.2. The van der Waals surface area contributed by atoms with E-state index in [1.54, 1.807) is 18.2 Å². The summed E-state index contributed by atoms with van der Waals surface area (Å²) in [5.41, 5.74) is 0.386. The van der Waals surface area contributed by atoms with Gasteiger partial charge in [-0.05, 0) is 30.4 Å². The van der Waals surface area contributed by atoms with Crippen LogP contribution in [0.5, 0.6) is 0 Å². The molecule has 0 unspecified atom stereocenters. The van der Waals surface area contributed by atoms with Gasteiger partial charge in [-0.1, -0.05) is 18.2 Å². The second-order valence-electron chi connectivity index (χ2n) is 5.49. The summed E-state index contributed by atoms with van der Waals surface area (Å²) in [6.07, 6.45) is 4.06. The van der Waals surface area contributed by atoms with Crippen molar-refractivity contribution < 1.29 is 18.9 Å². The van der Waals surface area contributed by atoms with Gasteiger partial charge in [0.15, 0.2) is 5.11 Å². The predicted octanol–water partition coefficient (Wildman–Crippen LogP) is 2.67. The Morgan fingerprint density at radius 3 is 2.70 bits per heavy atom. The molecule has 8 nitrogen and oxygen atoms in total. The molecule has 2 aromatic rings. The van der Waals surface area contributed by atoms with Crippen LogP contribution in [0, 0.1) is 10.1 Å². The van der Waals surface area contributed by atoms with Crippen LogP contribution in [0.25, 0.3) is 17.2 Å². The normalized spacial score (nSPS) is 15.8. The van der Waals surface area contributed by atoms with Crippen molar-refractivity contribution in [3.8, 4) is 11.1 Å². The number of amides is 2. The van der Waals surface area contributed by atoms with Crippen molar-refractivity contribution in [3.63, 3.8) is 0 Å². The lowest BCUT2D eigenvalue weighted by Crippen LogP contribution is -2.53. The molecule has 1 fully saturated rings. The molecule has 1 aromatic heterocycles. The molecule has 0 saturated carbocycles. The molecule has 0 atom stereocenters. The number of hydrogen-bond donors (Lipinski definition) is 1. The number of carbonyl (C=O) groups is 2. The maximum absolute atomic E-state index is 12.6. The van der Waals surface area contributed by atoms with Crippen LogP contribution in [0.3, 0.4) is 0 Å². The van der Waals surface area contributed by atoms with Crippen molar-refractivity contribution in [3.05, 3.63) is 70.7 Å².